The molecule has 0 bridgehead atoms. The molecule has 1 nitrogen and oxygen atoms in total. The molecule has 93 valence electrons. The van der Waals surface area contributed by atoms with E-state index in [9.17, 15) is 22.0 Å². The van der Waals surface area contributed by atoms with E-state index in [0.717, 1.165) is 12.1 Å². The summed E-state index contributed by atoms with van der Waals surface area (Å²) < 4.78 is 64.8. The molecule has 0 amide bonds. The van der Waals surface area contributed by atoms with Gasteiger partial charge >= 0.3 is 6.36 Å². The fourth-order valence-electron chi connectivity index (χ4n) is 1.69. The van der Waals surface area contributed by atoms with Crippen molar-refractivity contribution in [3.8, 4) is 5.75 Å². The quantitative estimate of drug-likeness (QED) is 0.723. The van der Waals surface area contributed by atoms with Gasteiger partial charge in [-0.2, -0.15) is 0 Å². The van der Waals surface area contributed by atoms with Gasteiger partial charge in [-0.25, -0.2) is 8.78 Å². The van der Waals surface area contributed by atoms with Crippen molar-refractivity contribution in [2.75, 3.05) is 0 Å². The first-order chi connectivity index (χ1) is 7.75. The Balaban J connectivity index is 2.08. The minimum atomic E-state index is -4.77. The van der Waals surface area contributed by atoms with Crippen molar-refractivity contribution in [1.29, 1.82) is 0 Å². The molecule has 0 heterocycles. The van der Waals surface area contributed by atoms with Crippen molar-refractivity contribution in [1.82, 2.24) is 0 Å². The standard InChI is InChI=1S/C11H8F5O/c12-10(13)5-8(6-10)7-2-1-3-9(4-7)17-11(14,15)16/h1-4H,5-6H2. The molecule has 1 saturated carbocycles. The second kappa shape index (κ2) is 3.85. The largest absolute Gasteiger partial charge is 0.573 e. The molecule has 0 spiro atoms. The van der Waals surface area contributed by atoms with Gasteiger partial charge in [0.2, 0.25) is 5.92 Å². The number of benzene rings is 1. The summed E-state index contributed by atoms with van der Waals surface area (Å²) in [4.78, 5) is 0. The summed E-state index contributed by atoms with van der Waals surface area (Å²) in [6.45, 7) is 0. The Hall–Kier alpha value is -1.33. The molecular formula is C11H8F5O. The second-order valence-electron chi connectivity index (χ2n) is 3.89. The van der Waals surface area contributed by atoms with Gasteiger partial charge in [-0.05, 0) is 17.7 Å². The van der Waals surface area contributed by atoms with Crippen LogP contribution >= 0.6 is 0 Å². The molecule has 1 aromatic rings. The monoisotopic (exact) mass is 251 g/mol. The average Bonchev–Trinajstić information content (AvgIpc) is 2.11. The first-order valence-electron chi connectivity index (χ1n) is 4.84. The van der Waals surface area contributed by atoms with Crippen LogP contribution in [0.2, 0.25) is 0 Å². The third kappa shape index (κ3) is 3.08. The van der Waals surface area contributed by atoms with Crippen molar-refractivity contribution < 1.29 is 26.7 Å². The summed E-state index contributed by atoms with van der Waals surface area (Å²) in [7, 11) is 0. The highest BCUT2D eigenvalue weighted by molar-refractivity contribution is 5.41. The Morgan fingerprint density at radius 2 is 1.76 bits per heavy atom. The zero-order chi connectivity index (χ0) is 12.7. The Bertz CT molecular complexity index is 405. The maximum Gasteiger partial charge on any atom is 0.573 e. The van der Waals surface area contributed by atoms with E-state index in [0.29, 0.717) is 11.5 Å². The maximum atomic E-state index is 12.6. The Morgan fingerprint density at radius 1 is 1.12 bits per heavy atom. The van der Waals surface area contributed by atoms with Crippen LogP contribution in [-0.4, -0.2) is 12.3 Å². The predicted octanol–water partition coefficient (Wildman–Crippen LogP) is 3.94. The molecule has 1 fully saturated rings. The second-order valence-corrected chi connectivity index (χ2v) is 3.89. The fraction of sp³-hybridized carbons (Fsp3) is 0.364. The normalized spacial score (nSPS) is 19.8. The van der Waals surface area contributed by atoms with Gasteiger partial charge in [0, 0.05) is 18.8 Å². The van der Waals surface area contributed by atoms with Crippen LogP contribution in [0, 0.1) is 5.92 Å². The summed E-state index contributed by atoms with van der Waals surface area (Å²) in [5, 5.41) is 0. The van der Waals surface area contributed by atoms with Crippen LogP contribution in [0.15, 0.2) is 24.3 Å². The third-order valence-electron chi connectivity index (χ3n) is 2.42. The van der Waals surface area contributed by atoms with E-state index in [1.165, 1.54) is 12.1 Å². The molecule has 1 aromatic carbocycles. The Kier molecular flexibility index (Phi) is 2.75. The molecule has 1 aliphatic carbocycles. The SMILES string of the molecule is FC1(F)C[C](c2cccc(OC(F)(F)F)c2)C1. The van der Waals surface area contributed by atoms with Crippen LogP contribution in [0.5, 0.6) is 5.75 Å². The number of hydrogen-bond acceptors (Lipinski definition) is 1. The van der Waals surface area contributed by atoms with E-state index in [1.807, 2.05) is 0 Å². The summed E-state index contributed by atoms with van der Waals surface area (Å²) in [6.07, 6.45) is -5.57. The van der Waals surface area contributed by atoms with Crippen molar-refractivity contribution in [2.45, 2.75) is 25.1 Å². The van der Waals surface area contributed by atoms with E-state index < -0.39 is 30.9 Å². The smallest absolute Gasteiger partial charge is 0.406 e. The number of halogens is 5. The highest BCUT2D eigenvalue weighted by Crippen LogP contribution is 2.47. The molecule has 1 aliphatic rings. The zero-order valence-electron chi connectivity index (χ0n) is 8.52. The van der Waals surface area contributed by atoms with Gasteiger partial charge in [0.1, 0.15) is 5.75 Å². The molecule has 0 saturated heterocycles. The van der Waals surface area contributed by atoms with Crippen LogP contribution in [0.3, 0.4) is 0 Å². The van der Waals surface area contributed by atoms with Gasteiger partial charge in [-0.3, -0.25) is 0 Å². The van der Waals surface area contributed by atoms with Crippen LogP contribution in [0.25, 0.3) is 0 Å². The molecular weight excluding hydrogens is 243 g/mol. The summed E-state index contributed by atoms with van der Waals surface area (Å²) in [6, 6.07) is 5.10. The van der Waals surface area contributed by atoms with Crippen LogP contribution in [-0.2, 0) is 0 Å². The molecule has 0 unspecified atom stereocenters. The lowest BCUT2D eigenvalue weighted by Gasteiger charge is -2.34. The first-order valence-corrected chi connectivity index (χ1v) is 4.84. The summed E-state index contributed by atoms with van der Waals surface area (Å²) in [5.74, 6) is -2.67. The third-order valence-corrected chi connectivity index (χ3v) is 2.42. The van der Waals surface area contributed by atoms with E-state index in [4.69, 9.17) is 0 Å². The Morgan fingerprint density at radius 3 is 2.29 bits per heavy atom. The van der Waals surface area contributed by atoms with Gasteiger partial charge in [0.25, 0.3) is 0 Å². The molecule has 1 radical (unpaired) electrons. The van der Waals surface area contributed by atoms with Gasteiger partial charge in [-0.15, -0.1) is 13.2 Å². The average molecular weight is 251 g/mol. The fourth-order valence-corrected chi connectivity index (χ4v) is 1.69. The highest BCUT2D eigenvalue weighted by Gasteiger charge is 2.46. The molecule has 0 N–H and O–H groups in total. The predicted molar refractivity (Wildman–Crippen MR) is 49.7 cm³/mol. The first kappa shape index (κ1) is 12.1. The summed E-state index contributed by atoms with van der Waals surface area (Å²) >= 11 is 0. The minimum absolute atomic E-state index is 0.373. The lowest BCUT2D eigenvalue weighted by molar-refractivity contribution is -0.274. The molecule has 0 atom stereocenters. The van der Waals surface area contributed by atoms with Crippen LogP contribution in [0.4, 0.5) is 22.0 Å². The number of rotatable bonds is 2. The van der Waals surface area contributed by atoms with Crippen molar-refractivity contribution in [3.05, 3.63) is 35.7 Å². The number of hydrogen-bond donors (Lipinski definition) is 0. The van der Waals surface area contributed by atoms with E-state index in [-0.39, 0.29) is 0 Å². The summed E-state index contributed by atoms with van der Waals surface area (Å²) in [5.41, 5.74) is 0.373. The van der Waals surface area contributed by atoms with Gasteiger partial charge in [0.05, 0.1) is 0 Å². The Labute approximate surface area is 94.2 Å². The molecule has 17 heavy (non-hydrogen) atoms. The van der Waals surface area contributed by atoms with E-state index in [2.05, 4.69) is 4.74 Å². The van der Waals surface area contributed by atoms with Crippen molar-refractivity contribution in [2.24, 2.45) is 0 Å². The van der Waals surface area contributed by atoms with Gasteiger partial charge in [-0.1, -0.05) is 12.1 Å². The lowest BCUT2D eigenvalue weighted by Crippen LogP contribution is -2.34. The van der Waals surface area contributed by atoms with E-state index in [1.54, 1.807) is 0 Å². The van der Waals surface area contributed by atoms with Gasteiger partial charge in [0.15, 0.2) is 0 Å². The lowest BCUT2D eigenvalue weighted by atomic mass is 9.77. The van der Waals surface area contributed by atoms with Crippen LogP contribution in [0.1, 0.15) is 18.4 Å². The number of ether oxygens (including phenoxy) is 1. The van der Waals surface area contributed by atoms with E-state index >= 15 is 0 Å². The molecule has 2 rings (SSSR count). The highest BCUT2D eigenvalue weighted by atomic mass is 19.4. The van der Waals surface area contributed by atoms with Crippen molar-refractivity contribution in [3.63, 3.8) is 0 Å². The maximum absolute atomic E-state index is 12.6. The van der Waals surface area contributed by atoms with Crippen LogP contribution < -0.4 is 4.74 Å². The van der Waals surface area contributed by atoms with Crippen molar-refractivity contribution >= 4 is 0 Å². The molecule has 0 aliphatic heterocycles. The minimum Gasteiger partial charge on any atom is -0.406 e. The topological polar surface area (TPSA) is 9.23 Å². The van der Waals surface area contributed by atoms with Gasteiger partial charge < -0.3 is 4.74 Å². The molecule has 0 aromatic heterocycles. The number of alkyl halides is 5. The zero-order valence-corrected chi connectivity index (χ0v) is 8.52. The molecule has 6 heteroatoms.